The van der Waals surface area contributed by atoms with Crippen LogP contribution in [0.3, 0.4) is 0 Å². The van der Waals surface area contributed by atoms with Crippen LogP contribution in [-0.2, 0) is 6.42 Å². The molecular formula is C21H33NO3. The maximum absolute atomic E-state index is 9.29. The van der Waals surface area contributed by atoms with Crippen molar-refractivity contribution in [2.45, 2.75) is 54.0 Å². The largest absolute Gasteiger partial charge is 0.508 e. The molecule has 0 amide bonds. The zero-order chi connectivity index (χ0) is 19.4. The third-order valence-electron chi connectivity index (χ3n) is 3.31. The number of ether oxygens (including phenoxy) is 1. The van der Waals surface area contributed by atoms with E-state index < -0.39 is 0 Å². The van der Waals surface area contributed by atoms with Gasteiger partial charge in [0.25, 0.3) is 0 Å². The van der Waals surface area contributed by atoms with E-state index >= 15 is 0 Å². The summed E-state index contributed by atoms with van der Waals surface area (Å²) in [6, 6.07) is 10.4. The second-order valence-electron chi connectivity index (χ2n) is 5.30. The lowest BCUT2D eigenvalue weighted by molar-refractivity contribution is 0.265. The molecular weight excluding hydrogens is 314 g/mol. The minimum absolute atomic E-state index is 0.0240. The van der Waals surface area contributed by atoms with Crippen molar-refractivity contribution in [3.63, 3.8) is 0 Å². The summed E-state index contributed by atoms with van der Waals surface area (Å²) >= 11 is 0. The van der Waals surface area contributed by atoms with Crippen molar-refractivity contribution in [2.75, 3.05) is 6.61 Å². The Bertz CT molecular complexity index is 586. The molecule has 4 heteroatoms. The molecule has 0 aliphatic carbocycles. The Balaban J connectivity index is 0.00000134. The van der Waals surface area contributed by atoms with Gasteiger partial charge in [-0.05, 0) is 61.2 Å². The zero-order valence-electron chi connectivity index (χ0n) is 16.3. The molecule has 0 bridgehead atoms. The summed E-state index contributed by atoms with van der Waals surface area (Å²) in [6.45, 7) is 11.9. The average molecular weight is 347 g/mol. The van der Waals surface area contributed by atoms with Crippen molar-refractivity contribution >= 4 is 0 Å². The van der Waals surface area contributed by atoms with Crippen LogP contribution >= 0.6 is 0 Å². The van der Waals surface area contributed by atoms with E-state index in [1.807, 2.05) is 53.7 Å². The van der Waals surface area contributed by atoms with Gasteiger partial charge >= 0.3 is 0 Å². The number of aryl methyl sites for hydroxylation is 2. The van der Waals surface area contributed by atoms with Crippen molar-refractivity contribution in [1.29, 1.82) is 0 Å². The molecule has 0 radical (unpaired) electrons. The fourth-order valence-corrected chi connectivity index (χ4v) is 2.32. The Morgan fingerprint density at radius 1 is 0.960 bits per heavy atom. The lowest BCUT2D eigenvalue weighted by Gasteiger charge is -2.15. The van der Waals surface area contributed by atoms with Gasteiger partial charge in [0.2, 0.25) is 0 Å². The number of hydrogen-bond acceptors (Lipinski definition) is 4. The normalized spacial score (nSPS) is 10.7. The molecule has 0 heterocycles. The molecule has 0 spiro atoms. The third-order valence-corrected chi connectivity index (χ3v) is 3.31. The molecule has 0 aliphatic rings. The number of aliphatic hydroxyl groups excluding tert-OH is 1. The molecule has 0 saturated heterocycles. The molecule has 140 valence electrons. The maximum Gasteiger partial charge on any atom is 0.133 e. The van der Waals surface area contributed by atoms with E-state index in [0.717, 1.165) is 22.4 Å². The fourth-order valence-electron chi connectivity index (χ4n) is 2.32. The number of phenols is 1. The second-order valence-corrected chi connectivity index (χ2v) is 5.30. The molecule has 2 aromatic carbocycles. The Morgan fingerprint density at radius 2 is 1.44 bits per heavy atom. The number of nitrogens with two attached hydrogens (primary N) is 1. The van der Waals surface area contributed by atoms with Crippen LogP contribution in [0.25, 0.3) is 0 Å². The van der Waals surface area contributed by atoms with Gasteiger partial charge in [0.05, 0.1) is 6.61 Å². The Kier molecular flexibility index (Phi) is 11.3. The Hall–Kier alpha value is -2.04. The van der Waals surface area contributed by atoms with Gasteiger partial charge in [-0.15, -0.1) is 0 Å². The van der Waals surface area contributed by atoms with Gasteiger partial charge in [-0.2, -0.15) is 0 Å². The van der Waals surface area contributed by atoms with Crippen LogP contribution in [0, 0.1) is 13.8 Å². The molecule has 0 saturated carbocycles. The predicted molar refractivity (Wildman–Crippen MR) is 106 cm³/mol. The summed E-state index contributed by atoms with van der Waals surface area (Å²) in [5.74, 6) is 1.70. The SMILES string of the molecule is CC.CC.Cc1cc(CC(N)CO)cc(C)c1Oc1ccc(O)cc1. The van der Waals surface area contributed by atoms with Crippen LogP contribution in [-0.4, -0.2) is 22.9 Å². The fraction of sp³-hybridized carbons (Fsp3) is 0.429. The highest BCUT2D eigenvalue weighted by Crippen LogP contribution is 2.30. The standard InChI is InChI=1S/C17H21NO3.2C2H6/c1-11-7-13(9-14(18)10-19)8-12(2)17(11)21-16-5-3-15(20)4-6-16;2*1-2/h3-8,14,19-20H,9-10,18H2,1-2H3;2*1-2H3. The number of phenolic OH excluding ortho intramolecular Hbond substituents is 1. The Morgan fingerprint density at radius 3 is 1.88 bits per heavy atom. The summed E-state index contributed by atoms with van der Waals surface area (Å²) in [5.41, 5.74) is 8.90. The lowest BCUT2D eigenvalue weighted by Crippen LogP contribution is -2.26. The van der Waals surface area contributed by atoms with E-state index in [4.69, 9.17) is 15.6 Å². The van der Waals surface area contributed by atoms with Gasteiger partial charge in [0.1, 0.15) is 17.2 Å². The average Bonchev–Trinajstić information content (AvgIpc) is 2.63. The van der Waals surface area contributed by atoms with Crippen LogP contribution in [0.2, 0.25) is 0 Å². The van der Waals surface area contributed by atoms with Gasteiger partial charge in [-0.3, -0.25) is 0 Å². The third kappa shape index (κ3) is 7.59. The summed E-state index contributed by atoms with van der Waals surface area (Å²) in [5, 5.41) is 18.3. The van der Waals surface area contributed by atoms with Gasteiger partial charge in [-0.1, -0.05) is 39.8 Å². The van der Waals surface area contributed by atoms with Gasteiger partial charge < -0.3 is 20.7 Å². The van der Waals surface area contributed by atoms with Gasteiger partial charge in [-0.25, -0.2) is 0 Å². The highest BCUT2D eigenvalue weighted by Gasteiger charge is 2.10. The quantitative estimate of drug-likeness (QED) is 0.732. The van der Waals surface area contributed by atoms with Crippen molar-refractivity contribution in [3.05, 3.63) is 53.1 Å². The number of rotatable bonds is 5. The Labute approximate surface area is 152 Å². The minimum atomic E-state index is -0.243. The van der Waals surface area contributed by atoms with E-state index in [9.17, 15) is 5.11 Å². The van der Waals surface area contributed by atoms with Crippen LogP contribution < -0.4 is 10.5 Å². The van der Waals surface area contributed by atoms with Gasteiger partial charge in [0, 0.05) is 6.04 Å². The molecule has 1 atom stereocenters. The van der Waals surface area contributed by atoms with E-state index in [1.54, 1.807) is 24.3 Å². The number of hydrogen-bond donors (Lipinski definition) is 3. The van der Waals surface area contributed by atoms with E-state index in [0.29, 0.717) is 12.2 Å². The monoisotopic (exact) mass is 347 g/mol. The van der Waals surface area contributed by atoms with Crippen molar-refractivity contribution in [3.8, 4) is 17.2 Å². The molecule has 4 N–H and O–H groups in total. The zero-order valence-corrected chi connectivity index (χ0v) is 16.3. The van der Waals surface area contributed by atoms with Crippen LogP contribution in [0.15, 0.2) is 36.4 Å². The first-order valence-electron chi connectivity index (χ1n) is 8.93. The highest BCUT2D eigenvalue weighted by atomic mass is 16.5. The molecule has 0 fully saturated rings. The molecule has 0 aromatic heterocycles. The first-order chi connectivity index (χ1) is 12.0. The van der Waals surface area contributed by atoms with Crippen molar-refractivity contribution in [1.82, 2.24) is 0 Å². The highest BCUT2D eigenvalue weighted by molar-refractivity contribution is 5.46. The first-order valence-corrected chi connectivity index (χ1v) is 8.93. The molecule has 0 aliphatic heterocycles. The van der Waals surface area contributed by atoms with E-state index in [2.05, 4.69) is 0 Å². The molecule has 2 aromatic rings. The predicted octanol–water partition coefficient (Wildman–Crippen LogP) is 4.72. The molecule has 2 rings (SSSR count). The number of aromatic hydroxyl groups is 1. The van der Waals surface area contributed by atoms with Crippen LogP contribution in [0.1, 0.15) is 44.4 Å². The van der Waals surface area contributed by atoms with E-state index in [1.165, 1.54) is 0 Å². The van der Waals surface area contributed by atoms with Crippen LogP contribution in [0.4, 0.5) is 0 Å². The van der Waals surface area contributed by atoms with Gasteiger partial charge in [0.15, 0.2) is 0 Å². The lowest BCUT2D eigenvalue weighted by atomic mass is 10.0. The van der Waals surface area contributed by atoms with Crippen molar-refractivity contribution < 1.29 is 14.9 Å². The number of benzene rings is 2. The second kappa shape index (κ2) is 12.3. The summed E-state index contributed by atoms with van der Waals surface area (Å²) in [4.78, 5) is 0. The van der Waals surface area contributed by atoms with Crippen LogP contribution in [0.5, 0.6) is 17.2 Å². The minimum Gasteiger partial charge on any atom is -0.508 e. The summed E-state index contributed by atoms with van der Waals surface area (Å²) in [7, 11) is 0. The summed E-state index contributed by atoms with van der Waals surface area (Å²) in [6.07, 6.45) is 0.637. The molecule has 4 nitrogen and oxygen atoms in total. The summed E-state index contributed by atoms with van der Waals surface area (Å²) < 4.78 is 5.89. The first kappa shape index (κ1) is 23.0. The molecule has 25 heavy (non-hydrogen) atoms. The smallest absolute Gasteiger partial charge is 0.133 e. The van der Waals surface area contributed by atoms with Crippen molar-refractivity contribution in [2.24, 2.45) is 5.73 Å². The number of aliphatic hydroxyl groups is 1. The molecule has 1 unspecified atom stereocenters. The maximum atomic E-state index is 9.29. The van der Waals surface area contributed by atoms with E-state index in [-0.39, 0.29) is 18.4 Å². The topological polar surface area (TPSA) is 75.7 Å².